The number of hydrogen-bond acceptors (Lipinski definition) is 10. The van der Waals surface area contributed by atoms with Gasteiger partial charge < -0.3 is 29.6 Å². The van der Waals surface area contributed by atoms with Crippen molar-refractivity contribution in [1.29, 1.82) is 0 Å². The van der Waals surface area contributed by atoms with Gasteiger partial charge in [0.1, 0.15) is 22.3 Å². The number of methoxy groups -OCH3 is 1. The van der Waals surface area contributed by atoms with E-state index in [1.54, 1.807) is 50.4 Å². The molecule has 14 heteroatoms. The normalized spacial score (nSPS) is 13.0. The molecule has 0 saturated heterocycles. The molecule has 1 aromatic heterocycles. The van der Waals surface area contributed by atoms with Crippen molar-refractivity contribution in [1.82, 2.24) is 15.6 Å². The Labute approximate surface area is 309 Å². The van der Waals surface area contributed by atoms with Crippen molar-refractivity contribution in [2.45, 2.75) is 64.3 Å². The molecule has 0 spiro atoms. The van der Waals surface area contributed by atoms with Gasteiger partial charge in [0, 0.05) is 16.6 Å². The molecular weight excluding hydrogens is 701 g/mol. The number of aliphatic hydroxyl groups excluding tert-OH is 1. The SMILES string of the molecule is COC(=O)[C@H](CO)NC(=O)[C@H](CO[Si](c1ccccc1)(c1ccccc1)C(C)(C)C)NC(=O)c1csc(-c2ccc(NC(=O)OC(C)(C)C)cc2)n1. The molecular formula is C38H46N4O8SSi. The van der Waals surface area contributed by atoms with Crippen LogP contribution in [0.5, 0.6) is 0 Å². The minimum absolute atomic E-state index is 0.0610. The number of esters is 1. The summed E-state index contributed by atoms with van der Waals surface area (Å²) in [6, 6.07) is 23.9. The van der Waals surface area contributed by atoms with Gasteiger partial charge in [-0.05, 0) is 60.4 Å². The summed E-state index contributed by atoms with van der Waals surface area (Å²) < 4.78 is 17.0. The summed E-state index contributed by atoms with van der Waals surface area (Å²) in [5.41, 5.74) is 0.644. The number of ether oxygens (including phenoxy) is 2. The molecule has 0 saturated carbocycles. The number of benzene rings is 3. The summed E-state index contributed by atoms with van der Waals surface area (Å²) in [5.74, 6) is -2.24. The molecule has 276 valence electrons. The lowest BCUT2D eigenvalue weighted by molar-refractivity contribution is -0.146. The molecule has 0 aliphatic carbocycles. The Morgan fingerprint density at radius 3 is 1.90 bits per heavy atom. The second-order valence-corrected chi connectivity index (χ2v) is 19.2. The number of nitrogens with one attached hydrogen (secondary N) is 3. The molecule has 1 heterocycles. The molecule has 4 aromatic rings. The number of rotatable bonds is 13. The van der Waals surface area contributed by atoms with Crippen LogP contribution in [-0.4, -0.2) is 80.3 Å². The molecule has 2 atom stereocenters. The monoisotopic (exact) mass is 746 g/mol. The fourth-order valence-electron chi connectivity index (χ4n) is 5.61. The van der Waals surface area contributed by atoms with Crippen LogP contribution in [-0.2, 0) is 23.5 Å². The van der Waals surface area contributed by atoms with Crippen LogP contribution in [0, 0.1) is 0 Å². The molecule has 0 unspecified atom stereocenters. The lowest BCUT2D eigenvalue weighted by Gasteiger charge is -2.43. The third kappa shape index (κ3) is 9.91. The van der Waals surface area contributed by atoms with Gasteiger partial charge in [0.05, 0.1) is 20.3 Å². The van der Waals surface area contributed by atoms with Crippen molar-refractivity contribution < 1.29 is 38.2 Å². The predicted molar refractivity (Wildman–Crippen MR) is 203 cm³/mol. The van der Waals surface area contributed by atoms with Crippen LogP contribution < -0.4 is 26.3 Å². The predicted octanol–water partition coefficient (Wildman–Crippen LogP) is 4.48. The van der Waals surface area contributed by atoms with Crippen molar-refractivity contribution in [3.05, 3.63) is 96.0 Å². The number of nitrogens with zero attached hydrogens (tertiary/aromatic N) is 1. The highest BCUT2D eigenvalue weighted by Gasteiger charge is 2.50. The van der Waals surface area contributed by atoms with Crippen LogP contribution in [0.15, 0.2) is 90.3 Å². The number of aromatic nitrogens is 1. The van der Waals surface area contributed by atoms with Gasteiger partial charge >= 0.3 is 12.1 Å². The van der Waals surface area contributed by atoms with E-state index in [1.807, 2.05) is 60.7 Å². The lowest BCUT2D eigenvalue weighted by atomic mass is 10.2. The molecule has 0 fully saturated rings. The summed E-state index contributed by atoms with van der Waals surface area (Å²) in [6.07, 6.45) is -0.581. The number of anilines is 1. The van der Waals surface area contributed by atoms with Crippen LogP contribution in [0.25, 0.3) is 10.6 Å². The fourth-order valence-corrected chi connectivity index (χ4v) is 11.0. The van der Waals surface area contributed by atoms with Crippen LogP contribution in [0.1, 0.15) is 52.0 Å². The van der Waals surface area contributed by atoms with E-state index in [4.69, 9.17) is 13.9 Å². The van der Waals surface area contributed by atoms with Gasteiger partial charge in [0.25, 0.3) is 14.2 Å². The summed E-state index contributed by atoms with van der Waals surface area (Å²) in [4.78, 5) is 56.4. The van der Waals surface area contributed by atoms with Gasteiger partial charge in [-0.1, -0.05) is 81.4 Å². The molecule has 0 aliphatic heterocycles. The molecule has 3 aromatic carbocycles. The molecule has 0 aliphatic rings. The number of amides is 3. The van der Waals surface area contributed by atoms with Gasteiger partial charge in [0.15, 0.2) is 6.04 Å². The van der Waals surface area contributed by atoms with Gasteiger partial charge in [0.2, 0.25) is 5.91 Å². The second kappa shape index (κ2) is 17.1. The Kier molecular flexibility index (Phi) is 13.1. The first-order chi connectivity index (χ1) is 24.6. The molecule has 0 bridgehead atoms. The summed E-state index contributed by atoms with van der Waals surface area (Å²) in [7, 11) is -2.01. The minimum atomic E-state index is -3.15. The van der Waals surface area contributed by atoms with Crippen LogP contribution in [0.2, 0.25) is 5.04 Å². The van der Waals surface area contributed by atoms with Crippen molar-refractivity contribution in [3.63, 3.8) is 0 Å². The van der Waals surface area contributed by atoms with Gasteiger partial charge in [-0.15, -0.1) is 11.3 Å². The third-order valence-electron chi connectivity index (χ3n) is 8.00. The Morgan fingerprint density at radius 1 is 0.827 bits per heavy atom. The zero-order valence-electron chi connectivity index (χ0n) is 30.4. The van der Waals surface area contributed by atoms with E-state index < -0.39 is 61.5 Å². The van der Waals surface area contributed by atoms with E-state index in [0.717, 1.165) is 17.5 Å². The molecule has 52 heavy (non-hydrogen) atoms. The van der Waals surface area contributed by atoms with Crippen molar-refractivity contribution >= 4 is 59.6 Å². The van der Waals surface area contributed by atoms with E-state index in [1.165, 1.54) is 11.3 Å². The van der Waals surface area contributed by atoms with Crippen molar-refractivity contribution in [2.75, 3.05) is 25.6 Å². The Bertz CT molecular complexity index is 1780. The molecule has 4 N–H and O–H groups in total. The quantitative estimate of drug-likeness (QED) is 0.114. The maximum absolute atomic E-state index is 13.8. The van der Waals surface area contributed by atoms with Crippen molar-refractivity contribution in [2.24, 2.45) is 0 Å². The van der Waals surface area contributed by atoms with E-state index in [9.17, 15) is 24.3 Å². The minimum Gasteiger partial charge on any atom is -0.467 e. The molecule has 3 amide bonds. The summed E-state index contributed by atoms with van der Waals surface area (Å²) in [5, 5.41) is 21.4. The fraction of sp³-hybridized carbons (Fsp3) is 0.342. The standard InChI is InChI=1S/C38H46N4O8SSi/c1-37(2,3)50-36(47)39-26-20-18-25(19-21-26)34-42-31(24-51-34)33(45)41-30(32(44)40-29(22-43)35(46)48-7)23-49-52(38(4,5)6,27-14-10-8-11-15-27)28-16-12-9-13-17-28/h8-21,24,29-30,43H,22-23H2,1-7H3,(H,39,47)(H,40,44)(H,41,45)/t29-,30-/m0/s1. The summed E-state index contributed by atoms with van der Waals surface area (Å²) >= 11 is 1.23. The van der Waals surface area contributed by atoms with Crippen LogP contribution >= 0.6 is 11.3 Å². The third-order valence-corrected chi connectivity index (χ3v) is 13.9. The van der Waals surface area contributed by atoms with Gasteiger partial charge in [-0.3, -0.25) is 14.9 Å². The first-order valence-electron chi connectivity index (χ1n) is 16.7. The smallest absolute Gasteiger partial charge is 0.412 e. The topological polar surface area (TPSA) is 165 Å². The van der Waals surface area contributed by atoms with E-state index in [2.05, 4.69) is 41.7 Å². The number of hydrogen-bond donors (Lipinski definition) is 4. The van der Waals surface area contributed by atoms with E-state index in [0.29, 0.717) is 16.3 Å². The second-order valence-electron chi connectivity index (χ2n) is 14.0. The highest BCUT2D eigenvalue weighted by atomic mass is 32.1. The molecule has 0 radical (unpaired) electrons. The Morgan fingerprint density at radius 2 is 1.40 bits per heavy atom. The average Bonchev–Trinajstić information content (AvgIpc) is 3.60. The average molecular weight is 747 g/mol. The van der Waals surface area contributed by atoms with Crippen LogP contribution in [0.4, 0.5) is 10.5 Å². The number of carbonyl (C=O) groups is 4. The zero-order chi connectivity index (χ0) is 38.1. The molecule has 4 rings (SSSR count). The van der Waals surface area contributed by atoms with Gasteiger partial charge in [-0.25, -0.2) is 14.6 Å². The lowest BCUT2D eigenvalue weighted by Crippen LogP contribution is -2.68. The van der Waals surface area contributed by atoms with E-state index in [-0.39, 0.29) is 12.3 Å². The number of aliphatic hydroxyl groups is 1. The Balaban J connectivity index is 1.62. The first-order valence-corrected chi connectivity index (χ1v) is 19.5. The van der Waals surface area contributed by atoms with Crippen molar-refractivity contribution in [3.8, 4) is 10.6 Å². The van der Waals surface area contributed by atoms with Gasteiger partial charge in [-0.2, -0.15) is 0 Å². The summed E-state index contributed by atoms with van der Waals surface area (Å²) in [6.45, 7) is 10.6. The maximum atomic E-state index is 13.8. The highest BCUT2D eigenvalue weighted by molar-refractivity contribution is 7.13. The number of carbonyl (C=O) groups excluding carboxylic acids is 4. The largest absolute Gasteiger partial charge is 0.467 e. The maximum Gasteiger partial charge on any atom is 0.412 e. The van der Waals surface area contributed by atoms with Crippen LogP contribution in [0.3, 0.4) is 0 Å². The Hall–Kier alpha value is -4.89. The number of thiazole rings is 1. The van der Waals surface area contributed by atoms with E-state index >= 15 is 0 Å². The zero-order valence-corrected chi connectivity index (χ0v) is 32.2. The highest BCUT2D eigenvalue weighted by Crippen LogP contribution is 2.37. The molecule has 12 nitrogen and oxygen atoms in total. The first kappa shape index (κ1) is 39.9.